The molecule has 1 fully saturated rings. The maximum absolute atomic E-state index is 11.0. The van der Waals surface area contributed by atoms with Crippen molar-refractivity contribution in [2.75, 3.05) is 18.8 Å². The van der Waals surface area contributed by atoms with E-state index in [2.05, 4.69) is 24.5 Å². The van der Waals surface area contributed by atoms with Gasteiger partial charge in [0.05, 0.1) is 0 Å². The van der Waals surface area contributed by atoms with Gasteiger partial charge in [0.2, 0.25) is 0 Å². The molecule has 1 unspecified atom stereocenters. The van der Waals surface area contributed by atoms with Crippen molar-refractivity contribution in [2.24, 2.45) is 5.92 Å². The zero-order valence-corrected chi connectivity index (χ0v) is 8.41. The molecule has 1 aliphatic heterocycles. The Kier molecular flexibility index (Phi) is 3.72. The minimum atomic E-state index is -0.0269. The molecule has 1 rings (SSSR count). The van der Waals surface area contributed by atoms with E-state index in [0.29, 0.717) is 11.2 Å². The monoisotopic (exact) mass is 188 g/mol. The molecule has 3 nitrogen and oxygen atoms in total. The summed E-state index contributed by atoms with van der Waals surface area (Å²) in [5.74, 6) is 1.66. The van der Waals surface area contributed by atoms with Crippen LogP contribution >= 0.6 is 11.8 Å². The summed E-state index contributed by atoms with van der Waals surface area (Å²) in [5.41, 5.74) is 0. The molecular formula is C8H16N2OS. The van der Waals surface area contributed by atoms with Crippen LogP contribution in [0.2, 0.25) is 0 Å². The molecule has 70 valence electrons. The van der Waals surface area contributed by atoms with Gasteiger partial charge < -0.3 is 10.6 Å². The van der Waals surface area contributed by atoms with E-state index in [9.17, 15) is 4.79 Å². The third-order valence-corrected chi connectivity index (χ3v) is 3.51. The van der Waals surface area contributed by atoms with Crippen LogP contribution in [-0.4, -0.2) is 30.1 Å². The zero-order chi connectivity index (χ0) is 8.97. The molecule has 4 heteroatoms. The normalized spacial score (nSPS) is 25.6. The Bertz CT molecular complexity index is 161. The smallest absolute Gasteiger partial charge is 0.314 e. The van der Waals surface area contributed by atoms with Crippen LogP contribution in [-0.2, 0) is 0 Å². The maximum atomic E-state index is 11.0. The van der Waals surface area contributed by atoms with E-state index in [-0.39, 0.29) is 6.03 Å². The first kappa shape index (κ1) is 9.71. The minimum absolute atomic E-state index is 0.0269. The second-order valence-corrected chi connectivity index (χ2v) is 4.64. The van der Waals surface area contributed by atoms with Crippen LogP contribution in [0, 0.1) is 5.92 Å². The molecule has 0 aromatic rings. The number of carbonyl (C=O) groups excluding carboxylic acids is 1. The van der Waals surface area contributed by atoms with Crippen molar-refractivity contribution in [3.05, 3.63) is 0 Å². The number of carbonyl (C=O) groups is 1. The van der Waals surface area contributed by atoms with Gasteiger partial charge in [-0.2, -0.15) is 11.8 Å². The van der Waals surface area contributed by atoms with E-state index in [1.807, 2.05) is 11.8 Å². The second-order valence-electron chi connectivity index (χ2n) is 3.29. The first-order valence-electron chi connectivity index (χ1n) is 4.33. The van der Waals surface area contributed by atoms with Gasteiger partial charge in [-0.25, -0.2) is 4.79 Å². The average Bonchev–Trinajstić information content (AvgIpc) is 1.97. The predicted molar refractivity (Wildman–Crippen MR) is 52.5 cm³/mol. The summed E-state index contributed by atoms with van der Waals surface area (Å²) in [7, 11) is 0. The molecule has 2 N–H and O–H groups in total. The molecule has 12 heavy (non-hydrogen) atoms. The molecule has 0 aliphatic carbocycles. The number of nitrogens with one attached hydrogen (secondary N) is 2. The van der Waals surface area contributed by atoms with Crippen molar-refractivity contribution in [2.45, 2.75) is 19.1 Å². The highest BCUT2D eigenvalue weighted by molar-refractivity contribution is 7.99. The van der Waals surface area contributed by atoms with Gasteiger partial charge in [0.15, 0.2) is 0 Å². The molecule has 0 saturated carbocycles. The summed E-state index contributed by atoms with van der Waals surface area (Å²) in [6.07, 6.45) is 0. The Labute approximate surface area is 77.7 Å². The average molecular weight is 188 g/mol. The van der Waals surface area contributed by atoms with Gasteiger partial charge in [-0.15, -0.1) is 0 Å². The molecule has 1 atom stereocenters. The summed E-state index contributed by atoms with van der Waals surface area (Å²) in [6.45, 7) is 5.95. The molecule has 0 radical (unpaired) electrons. The van der Waals surface area contributed by atoms with E-state index in [4.69, 9.17) is 0 Å². The molecule has 1 saturated heterocycles. The first-order chi connectivity index (χ1) is 5.70. The molecule has 0 aromatic heterocycles. The highest BCUT2D eigenvalue weighted by Gasteiger charge is 2.16. The fourth-order valence-electron chi connectivity index (χ4n) is 1.12. The van der Waals surface area contributed by atoms with Crippen LogP contribution in [0.15, 0.2) is 0 Å². The molecule has 0 spiro atoms. The third-order valence-electron chi connectivity index (χ3n) is 1.93. The van der Waals surface area contributed by atoms with Gasteiger partial charge in [-0.1, -0.05) is 13.8 Å². The zero-order valence-electron chi connectivity index (χ0n) is 7.59. The molecule has 1 heterocycles. The van der Waals surface area contributed by atoms with Crippen molar-refractivity contribution in [3.63, 3.8) is 0 Å². The van der Waals surface area contributed by atoms with Gasteiger partial charge in [0.25, 0.3) is 0 Å². The quantitative estimate of drug-likeness (QED) is 0.646. The minimum Gasteiger partial charge on any atom is -0.337 e. The number of rotatable bonds is 1. The van der Waals surface area contributed by atoms with Crippen LogP contribution in [0.1, 0.15) is 13.8 Å². The maximum Gasteiger partial charge on any atom is 0.314 e. The first-order valence-corrected chi connectivity index (χ1v) is 5.38. The van der Waals surface area contributed by atoms with Crippen LogP contribution in [0.25, 0.3) is 0 Å². The lowest BCUT2D eigenvalue weighted by Gasteiger charge is -2.23. The lowest BCUT2D eigenvalue weighted by atomic mass is 10.1. The Morgan fingerprint density at radius 2 is 2.25 bits per heavy atom. The topological polar surface area (TPSA) is 41.1 Å². The summed E-state index contributed by atoms with van der Waals surface area (Å²) in [4.78, 5) is 11.0. The van der Waals surface area contributed by atoms with Crippen molar-refractivity contribution < 1.29 is 4.79 Å². The molecule has 0 aromatic carbocycles. The van der Waals surface area contributed by atoms with E-state index in [1.165, 1.54) is 0 Å². The van der Waals surface area contributed by atoms with Crippen molar-refractivity contribution in [3.8, 4) is 0 Å². The molecular weight excluding hydrogens is 172 g/mol. The lowest BCUT2D eigenvalue weighted by molar-refractivity contribution is 0.241. The fraction of sp³-hybridized carbons (Fsp3) is 0.875. The van der Waals surface area contributed by atoms with Gasteiger partial charge in [0, 0.05) is 24.1 Å². The highest BCUT2D eigenvalue weighted by Crippen LogP contribution is 2.18. The van der Waals surface area contributed by atoms with Gasteiger partial charge in [-0.3, -0.25) is 0 Å². The highest BCUT2D eigenvalue weighted by atomic mass is 32.2. The third kappa shape index (κ3) is 2.93. The van der Waals surface area contributed by atoms with E-state index in [1.54, 1.807) is 0 Å². The molecule has 1 aliphatic rings. The summed E-state index contributed by atoms with van der Waals surface area (Å²) in [6, 6.07) is -0.0269. The van der Waals surface area contributed by atoms with Gasteiger partial charge in [-0.05, 0) is 5.92 Å². The predicted octanol–water partition coefficient (Wildman–Crippen LogP) is 1.06. The summed E-state index contributed by atoms with van der Waals surface area (Å²) in [5, 5.41) is 6.18. The number of hydrogen-bond acceptors (Lipinski definition) is 2. The standard InChI is InChI=1S/C8H16N2OS/c1-6(2)7-5-10-8(11)9-3-4-12-7/h6-7H,3-5H2,1-2H3,(H2,9,10,11). The second kappa shape index (κ2) is 4.60. The summed E-state index contributed by atoms with van der Waals surface area (Å²) >= 11 is 1.93. The van der Waals surface area contributed by atoms with Crippen LogP contribution in [0.5, 0.6) is 0 Å². The summed E-state index contributed by atoms with van der Waals surface area (Å²) < 4.78 is 0. The van der Waals surface area contributed by atoms with Gasteiger partial charge >= 0.3 is 6.03 Å². The Hall–Kier alpha value is -0.380. The van der Waals surface area contributed by atoms with Crippen LogP contribution in [0.4, 0.5) is 4.79 Å². The SMILES string of the molecule is CC(C)C1CNC(=O)NCCS1. The van der Waals surface area contributed by atoms with Crippen LogP contribution in [0.3, 0.4) is 0 Å². The number of amides is 2. The fourth-order valence-corrected chi connectivity index (χ4v) is 2.23. The number of thioether (sulfide) groups is 1. The lowest BCUT2D eigenvalue weighted by Crippen LogP contribution is -2.43. The largest absolute Gasteiger partial charge is 0.337 e. The Morgan fingerprint density at radius 1 is 1.50 bits per heavy atom. The van der Waals surface area contributed by atoms with Crippen molar-refractivity contribution in [1.82, 2.24) is 10.6 Å². The molecule has 0 bridgehead atoms. The van der Waals surface area contributed by atoms with Gasteiger partial charge in [0.1, 0.15) is 0 Å². The van der Waals surface area contributed by atoms with Crippen LogP contribution < -0.4 is 10.6 Å². The number of hydrogen-bond donors (Lipinski definition) is 2. The Morgan fingerprint density at radius 3 is 2.92 bits per heavy atom. The Balaban J connectivity index is 2.39. The molecule has 2 amide bonds. The van der Waals surface area contributed by atoms with Crippen molar-refractivity contribution in [1.29, 1.82) is 0 Å². The van der Waals surface area contributed by atoms with E-state index < -0.39 is 0 Å². The van der Waals surface area contributed by atoms with E-state index >= 15 is 0 Å². The van der Waals surface area contributed by atoms with E-state index in [0.717, 1.165) is 18.8 Å². The number of urea groups is 1. The van der Waals surface area contributed by atoms with Crippen molar-refractivity contribution >= 4 is 17.8 Å².